The summed E-state index contributed by atoms with van der Waals surface area (Å²) in [7, 11) is 0. The highest BCUT2D eigenvalue weighted by atomic mass is 35.5. The Labute approximate surface area is 248 Å². The summed E-state index contributed by atoms with van der Waals surface area (Å²) < 4.78 is 30.5. The van der Waals surface area contributed by atoms with Crippen molar-refractivity contribution in [3.8, 4) is 34.3 Å². The molecular formula is C30H34ClFN6O4. The summed E-state index contributed by atoms with van der Waals surface area (Å²) in [6.07, 6.45) is 1.24. The summed E-state index contributed by atoms with van der Waals surface area (Å²) in [6, 6.07) is 5.26. The van der Waals surface area contributed by atoms with Crippen molar-refractivity contribution in [3.63, 3.8) is 0 Å². The van der Waals surface area contributed by atoms with E-state index in [1.165, 1.54) is 13.3 Å². The van der Waals surface area contributed by atoms with Crippen LogP contribution >= 0.6 is 11.6 Å². The van der Waals surface area contributed by atoms with Crippen LogP contribution in [0.15, 0.2) is 29.0 Å². The van der Waals surface area contributed by atoms with Crippen LogP contribution in [-0.4, -0.2) is 55.7 Å². The Bertz CT molecular complexity index is 1560. The summed E-state index contributed by atoms with van der Waals surface area (Å²) in [5.41, 5.74) is 5.11. The molecule has 0 bridgehead atoms. The molecule has 5 rings (SSSR count). The smallest absolute Gasteiger partial charge is 0.221 e. The minimum atomic E-state index is -1.13. The van der Waals surface area contributed by atoms with Gasteiger partial charge in [-0.05, 0) is 52.3 Å². The van der Waals surface area contributed by atoms with Gasteiger partial charge >= 0.3 is 0 Å². The van der Waals surface area contributed by atoms with Gasteiger partial charge in [-0.3, -0.25) is 0 Å². The molecule has 0 radical (unpaired) electrons. The van der Waals surface area contributed by atoms with E-state index >= 15 is 0 Å². The molecular weight excluding hydrogens is 563 g/mol. The Morgan fingerprint density at radius 3 is 2.64 bits per heavy atom. The van der Waals surface area contributed by atoms with Crippen molar-refractivity contribution in [2.45, 2.75) is 72.8 Å². The molecule has 1 aliphatic heterocycles. The number of hydrogen-bond acceptors (Lipinski definition) is 10. The Hall–Kier alpha value is -3.83. The molecule has 0 saturated heterocycles. The first-order chi connectivity index (χ1) is 20.2. The molecule has 4 heterocycles. The van der Waals surface area contributed by atoms with E-state index in [-0.39, 0.29) is 13.2 Å². The van der Waals surface area contributed by atoms with Gasteiger partial charge in [0.05, 0.1) is 52.4 Å². The average molecular weight is 597 g/mol. The fourth-order valence-corrected chi connectivity index (χ4v) is 5.20. The van der Waals surface area contributed by atoms with Gasteiger partial charge in [0.2, 0.25) is 5.88 Å². The van der Waals surface area contributed by atoms with E-state index in [2.05, 4.69) is 20.0 Å². The second-order valence-corrected chi connectivity index (χ2v) is 10.9. The SMILES string of the molecule is CCC[C@@H](O)COc1ccc(Cl)c(-c2nc(-c3c(C)noc3C)c(C)c(N3Cc4ncnc(OCC(C)F)c4C3)n2)c1. The van der Waals surface area contributed by atoms with Crippen molar-refractivity contribution in [1.82, 2.24) is 25.1 Å². The number of fused-ring (bicyclic) bond motifs is 1. The summed E-state index contributed by atoms with van der Waals surface area (Å²) in [6.45, 7) is 10.0. The van der Waals surface area contributed by atoms with Gasteiger partial charge in [-0.25, -0.2) is 24.3 Å². The zero-order valence-corrected chi connectivity index (χ0v) is 25.1. The van der Waals surface area contributed by atoms with Crippen LogP contribution in [0.3, 0.4) is 0 Å². The molecule has 3 aromatic heterocycles. The Morgan fingerprint density at radius 1 is 1.12 bits per heavy atom. The van der Waals surface area contributed by atoms with E-state index in [4.69, 9.17) is 35.6 Å². The minimum absolute atomic E-state index is 0.0945. The molecule has 1 N–H and O–H groups in total. The molecule has 10 nitrogen and oxygen atoms in total. The number of alkyl halides is 1. The third-order valence-electron chi connectivity index (χ3n) is 7.07. The number of aromatic nitrogens is 5. The number of rotatable bonds is 11. The van der Waals surface area contributed by atoms with Crippen LogP contribution in [0.2, 0.25) is 5.02 Å². The first-order valence-corrected chi connectivity index (χ1v) is 14.3. The molecule has 0 saturated carbocycles. The van der Waals surface area contributed by atoms with Gasteiger partial charge in [-0.1, -0.05) is 30.1 Å². The molecule has 0 spiro atoms. The number of ether oxygens (including phenoxy) is 2. The van der Waals surface area contributed by atoms with Crippen LogP contribution in [0, 0.1) is 20.8 Å². The van der Waals surface area contributed by atoms with Crippen LogP contribution in [-0.2, 0) is 13.1 Å². The second kappa shape index (κ2) is 12.6. The maximum atomic E-state index is 13.5. The highest BCUT2D eigenvalue weighted by molar-refractivity contribution is 6.33. The Morgan fingerprint density at radius 2 is 1.93 bits per heavy atom. The monoisotopic (exact) mass is 596 g/mol. The van der Waals surface area contributed by atoms with E-state index in [9.17, 15) is 9.50 Å². The standard InChI is InChI=1S/C30H34ClFN6O4/c1-6-7-20(39)14-40-21-8-9-24(31)22(10-21)28-35-27(26-18(4)37-42-19(26)5)17(3)29(36-28)38-11-23-25(12-38)33-15-34-30(23)41-13-16(2)32/h8-10,15-16,20,39H,6-7,11-14H2,1-5H3/t16?,20-/m1/s1. The van der Waals surface area contributed by atoms with Crippen LogP contribution in [0.1, 0.15) is 55.0 Å². The number of halogens is 2. The zero-order chi connectivity index (χ0) is 30.0. The number of aliphatic hydroxyl groups excluding tert-OH is 1. The molecule has 222 valence electrons. The molecule has 12 heteroatoms. The van der Waals surface area contributed by atoms with E-state index in [1.54, 1.807) is 18.2 Å². The van der Waals surface area contributed by atoms with Crippen molar-refractivity contribution in [2.75, 3.05) is 18.1 Å². The minimum Gasteiger partial charge on any atom is -0.491 e. The quantitative estimate of drug-likeness (QED) is 0.222. The fourth-order valence-electron chi connectivity index (χ4n) is 4.99. The zero-order valence-electron chi connectivity index (χ0n) is 24.3. The van der Waals surface area contributed by atoms with Crippen molar-refractivity contribution < 1.29 is 23.5 Å². The lowest BCUT2D eigenvalue weighted by Gasteiger charge is -2.22. The van der Waals surface area contributed by atoms with Gasteiger partial charge in [-0.2, -0.15) is 0 Å². The Balaban J connectivity index is 1.57. The number of anilines is 1. The summed E-state index contributed by atoms with van der Waals surface area (Å²) >= 11 is 6.69. The molecule has 4 aromatic rings. The van der Waals surface area contributed by atoms with Gasteiger partial charge in [0.15, 0.2) is 5.82 Å². The van der Waals surface area contributed by atoms with Crippen molar-refractivity contribution >= 4 is 17.4 Å². The lowest BCUT2D eigenvalue weighted by atomic mass is 10.0. The first-order valence-electron chi connectivity index (χ1n) is 13.9. The summed E-state index contributed by atoms with van der Waals surface area (Å²) in [5, 5.41) is 14.7. The number of hydrogen-bond donors (Lipinski definition) is 1. The predicted octanol–water partition coefficient (Wildman–Crippen LogP) is 5.96. The first kappa shape index (κ1) is 29.7. The third-order valence-corrected chi connectivity index (χ3v) is 7.40. The summed E-state index contributed by atoms with van der Waals surface area (Å²) in [4.78, 5) is 20.7. The lowest BCUT2D eigenvalue weighted by Crippen LogP contribution is -2.19. The molecule has 1 unspecified atom stereocenters. The van der Waals surface area contributed by atoms with Crippen LogP contribution < -0.4 is 14.4 Å². The number of benzene rings is 1. The fraction of sp³-hybridized carbons (Fsp3) is 0.433. The number of nitrogens with zero attached hydrogens (tertiary/aromatic N) is 6. The van der Waals surface area contributed by atoms with E-state index in [1.807, 2.05) is 27.7 Å². The van der Waals surface area contributed by atoms with Gasteiger partial charge in [-0.15, -0.1) is 0 Å². The van der Waals surface area contributed by atoms with Gasteiger partial charge in [0.25, 0.3) is 0 Å². The van der Waals surface area contributed by atoms with E-state index < -0.39 is 12.3 Å². The second-order valence-electron chi connectivity index (χ2n) is 10.5. The molecule has 2 atom stereocenters. The van der Waals surface area contributed by atoms with Crippen molar-refractivity contribution in [3.05, 3.63) is 57.8 Å². The van der Waals surface area contributed by atoms with Crippen LogP contribution in [0.4, 0.5) is 10.2 Å². The molecule has 1 aliphatic rings. The third kappa shape index (κ3) is 6.17. The molecule has 0 amide bonds. The number of aliphatic hydroxyl groups is 1. The predicted molar refractivity (Wildman–Crippen MR) is 157 cm³/mol. The van der Waals surface area contributed by atoms with Crippen LogP contribution in [0.5, 0.6) is 11.6 Å². The molecule has 0 fully saturated rings. The van der Waals surface area contributed by atoms with Crippen molar-refractivity contribution in [2.24, 2.45) is 0 Å². The topological polar surface area (TPSA) is 120 Å². The normalized spacial score (nSPS) is 14.1. The highest BCUT2D eigenvalue weighted by Crippen LogP contribution is 2.39. The van der Waals surface area contributed by atoms with Gasteiger partial charge in [0.1, 0.15) is 43.0 Å². The van der Waals surface area contributed by atoms with Crippen LogP contribution in [0.25, 0.3) is 22.6 Å². The van der Waals surface area contributed by atoms with E-state index in [0.717, 1.165) is 28.8 Å². The average Bonchev–Trinajstić information content (AvgIpc) is 3.54. The van der Waals surface area contributed by atoms with Gasteiger partial charge in [0, 0.05) is 11.1 Å². The summed E-state index contributed by atoms with van der Waals surface area (Å²) in [5.74, 6) is 2.59. The maximum absolute atomic E-state index is 13.5. The molecule has 0 aliphatic carbocycles. The Kier molecular flexibility index (Phi) is 8.88. The van der Waals surface area contributed by atoms with E-state index in [0.29, 0.717) is 70.5 Å². The van der Waals surface area contributed by atoms with Crippen molar-refractivity contribution in [1.29, 1.82) is 0 Å². The highest BCUT2D eigenvalue weighted by Gasteiger charge is 2.30. The maximum Gasteiger partial charge on any atom is 0.221 e. The molecule has 42 heavy (non-hydrogen) atoms. The van der Waals surface area contributed by atoms with Gasteiger partial charge < -0.3 is 24.0 Å². The largest absolute Gasteiger partial charge is 0.491 e. The molecule has 1 aromatic carbocycles. The lowest BCUT2D eigenvalue weighted by molar-refractivity contribution is 0.0994. The number of aryl methyl sites for hydroxylation is 2.